The van der Waals surface area contributed by atoms with Crippen molar-refractivity contribution in [3.63, 3.8) is 0 Å². The Labute approximate surface area is 117 Å². The highest BCUT2D eigenvalue weighted by atomic mass is 35.5. The molecule has 1 aromatic heterocycles. The van der Waals surface area contributed by atoms with E-state index in [2.05, 4.69) is 10.6 Å². The molecular weight excluding hydrogens is 270 g/mol. The van der Waals surface area contributed by atoms with E-state index >= 15 is 0 Å². The number of halogens is 1. The molecule has 0 saturated carbocycles. The number of hydrogen-bond acceptors (Lipinski definition) is 4. The molecule has 0 spiro atoms. The molecule has 0 aromatic carbocycles. The van der Waals surface area contributed by atoms with Crippen LogP contribution in [0.5, 0.6) is 0 Å². The summed E-state index contributed by atoms with van der Waals surface area (Å²) in [6.45, 7) is 1.21. The fraction of sp³-hybridized carbons (Fsp3) is 0.500. The smallest absolute Gasteiger partial charge is 0.287 e. The van der Waals surface area contributed by atoms with Crippen LogP contribution in [0.4, 0.5) is 0 Å². The van der Waals surface area contributed by atoms with E-state index in [0.717, 1.165) is 6.54 Å². The predicted octanol–water partition coefficient (Wildman–Crippen LogP) is 0.426. The first-order valence-corrected chi connectivity index (χ1v) is 6.40. The van der Waals surface area contributed by atoms with Crippen LogP contribution in [0, 0.1) is 0 Å². The van der Waals surface area contributed by atoms with Gasteiger partial charge < -0.3 is 20.0 Å². The largest absolute Gasteiger partial charge is 0.455 e. The average molecular weight is 288 g/mol. The summed E-state index contributed by atoms with van der Waals surface area (Å²) in [6, 6.07) is 3.15. The van der Waals surface area contributed by atoms with Crippen molar-refractivity contribution in [3.8, 4) is 0 Å². The lowest BCUT2D eigenvalue weighted by atomic mass is 10.4. The van der Waals surface area contributed by atoms with Crippen LogP contribution in [0.1, 0.15) is 16.3 Å². The van der Waals surface area contributed by atoms with Crippen molar-refractivity contribution >= 4 is 23.4 Å². The molecule has 0 fully saturated rings. The van der Waals surface area contributed by atoms with Crippen molar-refractivity contribution in [3.05, 3.63) is 23.7 Å². The van der Waals surface area contributed by atoms with Gasteiger partial charge in [-0.1, -0.05) is 0 Å². The molecule has 2 N–H and O–H groups in total. The second kappa shape index (κ2) is 7.81. The van der Waals surface area contributed by atoms with Crippen molar-refractivity contribution in [2.24, 2.45) is 0 Å². The maximum atomic E-state index is 11.6. The van der Waals surface area contributed by atoms with Gasteiger partial charge >= 0.3 is 0 Å². The number of amides is 2. The minimum atomic E-state index is -0.431. The van der Waals surface area contributed by atoms with Crippen molar-refractivity contribution in [2.45, 2.75) is 5.88 Å². The summed E-state index contributed by atoms with van der Waals surface area (Å²) < 4.78 is 5.16. The van der Waals surface area contributed by atoms with Crippen LogP contribution in [0.15, 0.2) is 16.5 Å². The fourth-order valence-corrected chi connectivity index (χ4v) is 1.44. The molecule has 0 aliphatic rings. The van der Waals surface area contributed by atoms with E-state index in [1.807, 2.05) is 19.0 Å². The number of rotatable bonds is 7. The number of hydrogen-bond donors (Lipinski definition) is 2. The number of nitrogens with one attached hydrogen (secondary N) is 2. The second-order valence-corrected chi connectivity index (χ2v) is 4.50. The zero-order valence-corrected chi connectivity index (χ0v) is 11.8. The van der Waals surface area contributed by atoms with Gasteiger partial charge in [0.25, 0.3) is 5.91 Å². The molecule has 0 aliphatic carbocycles. The van der Waals surface area contributed by atoms with Gasteiger partial charge in [0.05, 0.1) is 12.4 Å². The topological polar surface area (TPSA) is 74.6 Å². The second-order valence-electron chi connectivity index (χ2n) is 4.24. The Morgan fingerprint density at radius 3 is 2.63 bits per heavy atom. The third-order valence-electron chi connectivity index (χ3n) is 2.31. The van der Waals surface area contributed by atoms with Crippen LogP contribution in [0.25, 0.3) is 0 Å². The molecule has 0 aliphatic heterocycles. The van der Waals surface area contributed by atoms with Gasteiger partial charge in [-0.05, 0) is 26.2 Å². The molecule has 1 heterocycles. The quantitative estimate of drug-likeness (QED) is 0.713. The van der Waals surface area contributed by atoms with Crippen LogP contribution < -0.4 is 10.6 Å². The van der Waals surface area contributed by atoms with Gasteiger partial charge in [0, 0.05) is 13.1 Å². The Bertz CT molecular complexity index is 432. The summed E-state index contributed by atoms with van der Waals surface area (Å²) in [5.74, 6) is 0.204. The molecule has 0 atom stereocenters. The van der Waals surface area contributed by atoms with E-state index in [9.17, 15) is 9.59 Å². The summed E-state index contributed by atoms with van der Waals surface area (Å²) in [7, 11) is 3.83. The number of furan rings is 1. The van der Waals surface area contributed by atoms with E-state index in [-0.39, 0.29) is 24.1 Å². The Morgan fingerprint density at radius 1 is 1.32 bits per heavy atom. The van der Waals surface area contributed by atoms with E-state index < -0.39 is 5.91 Å². The summed E-state index contributed by atoms with van der Waals surface area (Å²) in [5, 5.41) is 5.16. The summed E-state index contributed by atoms with van der Waals surface area (Å²) >= 11 is 5.56. The lowest BCUT2D eigenvalue weighted by Crippen LogP contribution is -2.39. The van der Waals surface area contributed by atoms with Gasteiger partial charge in [-0.3, -0.25) is 9.59 Å². The molecule has 0 radical (unpaired) electrons. The van der Waals surface area contributed by atoms with Crippen molar-refractivity contribution in [2.75, 3.05) is 33.7 Å². The molecule has 19 heavy (non-hydrogen) atoms. The Balaban J connectivity index is 2.27. The minimum Gasteiger partial charge on any atom is -0.455 e. The first-order valence-electron chi connectivity index (χ1n) is 5.87. The standard InChI is InChI=1S/C12H18ClN3O3/c1-16(2)6-5-14-11(17)8-15-12(18)10-4-3-9(7-13)19-10/h3-4H,5-8H2,1-2H3,(H,14,17)(H,15,18). The Hall–Kier alpha value is -1.53. The minimum absolute atomic E-state index is 0.0802. The zero-order chi connectivity index (χ0) is 14.3. The fourth-order valence-electron chi connectivity index (χ4n) is 1.30. The molecule has 2 amide bonds. The maximum absolute atomic E-state index is 11.6. The molecule has 0 saturated heterocycles. The number of likely N-dealkylation sites (N-methyl/N-ethyl adjacent to an activating group) is 1. The normalized spacial score (nSPS) is 10.5. The summed E-state index contributed by atoms with van der Waals surface area (Å²) in [6.07, 6.45) is 0. The van der Waals surface area contributed by atoms with Crippen molar-refractivity contribution < 1.29 is 14.0 Å². The molecule has 0 bridgehead atoms. The molecule has 0 unspecified atom stereocenters. The Morgan fingerprint density at radius 2 is 2.05 bits per heavy atom. The lowest BCUT2D eigenvalue weighted by Gasteiger charge is -2.10. The monoisotopic (exact) mass is 287 g/mol. The zero-order valence-electron chi connectivity index (χ0n) is 11.0. The van der Waals surface area contributed by atoms with Gasteiger partial charge in [0.2, 0.25) is 5.91 Å². The van der Waals surface area contributed by atoms with Gasteiger partial charge in [0.1, 0.15) is 5.76 Å². The molecule has 1 aromatic rings. The van der Waals surface area contributed by atoms with Gasteiger partial charge in [0.15, 0.2) is 5.76 Å². The maximum Gasteiger partial charge on any atom is 0.287 e. The third-order valence-corrected chi connectivity index (χ3v) is 2.57. The highest BCUT2D eigenvalue weighted by molar-refractivity contribution is 6.16. The highest BCUT2D eigenvalue weighted by Crippen LogP contribution is 2.09. The molecule has 7 heteroatoms. The summed E-state index contributed by atoms with van der Waals surface area (Å²) in [4.78, 5) is 25.0. The van der Waals surface area contributed by atoms with Crippen LogP contribution in [0.2, 0.25) is 0 Å². The Kier molecular flexibility index (Phi) is 6.38. The van der Waals surface area contributed by atoms with Crippen molar-refractivity contribution in [1.82, 2.24) is 15.5 Å². The third kappa shape index (κ3) is 5.76. The highest BCUT2D eigenvalue weighted by Gasteiger charge is 2.11. The first-order chi connectivity index (χ1) is 9.02. The lowest BCUT2D eigenvalue weighted by molar-refractivity contribution is -0.120. The molecular formula is C12H18ClN3O3. The SMILES string of the molecule is CN(C)CCNC(=O)CNC(=O)c1ccc(CCl)o1. The van der Waals surface area contributed by atoms with E-state index in [4.69, 9.17) is 16.0 Å². The predicted molar refractivity (Wildman–Crippen MR) is 72.2 cm³/mol. The van der Waals surface area contributed by atoms with Crippen LogP contribution in [-0.2, 0) is 10.7 Å². The van der Waals surface area contributed by atoms with Gasteiger partial charge in [-0.15, -0.1) is 11.6 Å². The van der Waals surface area contributed by atoms with E-state index in [1.165, 1.54) is 6.07 Å². The average Bonchev–Trinajstić information content (AvgIpc) is 2.84. The number of nitrogens with zero attached hydrogens (tertiary/aromatic N) is 1. The number of carbonyl (C=O) groups is 2. The van der Waals surface area contributed by atoms with E-state index in [0.29, 0.717) is 12.3 Å². The first kappa shape index (κ1) is 15.5. The molecule has 1 rings (SSSR count). The van der Waals surface area contributed by atoms with Crippen LogP contribution in [-0.4, -0.2) is 50.4 Å². The van der Waals surface area contributed by atoms with Crippen molar-refractivity contribution in [1.29, 1.82) is 0 Å². The number of alkyl halides is 1. The van der Waals surface area contributed by atoms with E-state index in [1.54, 1.807) is 6.07 Å². The summed E-state index contributed by atoms with van der Waals surface area (Å²) in [5.41, 5.74) is 0. The van der Waals surface area contributed by atoms with Crippen LogP contribution >= 0.6 is 11.6 Å². The van der Waals surface area contributed by atoms with Crippen LogP contribution in [0.3, 0.4) is 0 Å². The molecule has 106 valence electrons. The molecule has 6 nitrogen and oxygen atoms in total. The van der Waals surface area contributed by atoms with Gasteiger partial charge in [-0.25, -0.2) is 0 Å². The number of carbonyl (C=O) groups excluding carboxylic acids is 2. The van der Waals surface area contributed by atoms with Gasteiger partial charge in [-0.2, -0.15) is 0 Å².